The van der Waals surface area contributed by atoms with Crippen LogP contribution in [0.25, 0.3) is 0 Å². The van der Waals surface area contributed by atoms with Crippen LogP contribution in [-0.2, 0) is 23.8 Å². The standard InChI is InChI=1S/C28H48O6S/c1-3-4-5-6-7-8-9-10-11-12-13-14-15-16-17-18-28(30)33-23-26(29)24-34-35(31,32)27-21-19-25(2)20-22-27/h19-22,26,29H,3-18,23-24H2,1-2H3/t26-/m1/s1. The summed E-state index contributed by atoms with van der Waals surface area (Å²) < 4.78 is 34.1. The number of hydrogen-bond acceptors (Lipinski definition) is 6. The van der Waals surface area contributed by atoms with Crippen LogP contribution in [0.1, 0.15) is 115 Å². The molecule has 35 heavy (non-hydrogen) atoms. The van der Waals surface area contributed by atoms with Gasteiger partial charge in [-0.1, -0.05) is 115 Å². The third-order valence-electron chi connectivity index (χ3n) is 6.15. The van der Waals surface area contributed by atoms with E-state index in [-0.39, 0.29) is 17.5 Å². The number of hydrogen-bond donors (Lipinski definition) is 1. The first kappa shape index (κ1) is 31.6. The van der Waals surface area contributed by atoms with Crippen molar-refractivity contribution in [2.75, 3.05) is 13.2 Å². The molecular formula is C28H48O6S. The SMILES string of the molecule is CCCCCCCCCCCCCCCCCC(=O)OC[C@@H](O)COS(=O)(=O)c1ccc(C)cc1. The first-order valence-electron chi connectivity index (χ1n) is 13.6. The molecule has 0 saturated carbocycles. The minimum absolute atomic E-state index is 0.0282. The summed E-state index contributed by atoms with van der Waals surface area (Å²) in [6.45, 7) is 3.38. The molecule has 1 rings (SSSR count). The van der Waals surface area contributed by atoms with Crippen molar-refractivity contribution in [2.24, 2.45) is 0 Å². The monoisotopic (exact) mass is 512 g/mol. The molecule has 0 amide bonds. The number of benzene rings is 1. The molecule has 1 N–H and O–H groups in total. The highest BCUT2D eigenvalue weighted by Crippen LogP contribution is 2.15. The second-order valence-corrected chi connectivity index (χ2v) is 11.2. The van der Waals surface area contributed by atoms with Gasteiger partial charge in [-0.25, -0.2) is 0 Å². The van der Waals surface area contributed by atoms with Crippen LogP contribution < -0.4 is 0 Å². The highest BCUT2D eigenvalue weighted by Gasteiger charge is 2.18. The number of aryl methyl sites for hydroxylation is 1. The maximum atomic E-state index is 12.1. The van der Waals surface area contributed by atoms with Crippen molar-refractivity contribution in [3.63, 3.8) is 0 Å². The zero-order valence-electron chi connectivity index (χ0n) is 22.0. The summed E-state index contributed by atoms with van der Waals surface area (Å²) in [5.74, 6) is -0.375. The average Bonchev–Trinajstić information content (AvgIpc) is 2.84. The Labute approximate surface area is 213 Å². The molecule has 0 aliphatic carbocycles. The molecule has 1 aromatic carbocycles. The van der Waals surface area contributed by atoms with E-state index in [1.807, 2.05) is 6.92 Å². The van der Waals surface area contributed by atoms with Crippen molar-refractivity contribution in [2.45, 2.75) is 128 Å². The summed E-state index contributed by atoms with van der Waals surface area (Å²) in [7, 11) is -3.95. The van der Waals surface area contributed by atoms with Gasteiger partial charge in [0, 0.05) is 6.42 Å². The normalized spacial score (nSPS) is 12.5. The molecule has 0 saturated heterocycles. The quantitative estimate of drug-likeness (QED) is 0.104. The van der Waals surface area contributed by atoms with Gasteiger partial charge in [0.1, 0.15) is 12.7 Å². The lowest BCUT2D eigenvalue weighted by atomic mass is 10.0. The van der Waals surface area contributed by atoms with Crippen molar-refractivity contribution in [1.82, 2.24) is 0 Å². The van der Waals surface area contributed by atoms with Gasteiger partial charge in [0.2, 0.25) is 0 Å². The molecule has 202 valence electrons. The zero-order valence-corrected chi connectivity index (χ0v) is 22.8. The summed E-state index contributed by atoms with van der Waals surface area (Å²) in [6.07, 6.45) is 18.1. The molecule has 0 aliphatic rings. The first-order valence-corrected chi connectivity index (χ1v) is 15.1. The molecular weight excluding hydrogens is 464 g/mol. The molecule has 1 aromatic rings. The van der Waals surface area contributed by atoms with Crippen molar-refractivity contribution < 1.29 is 27.2 Å². The predicted molar refractivity (Wildman–Crippen MR) is 141 cm³/mol. The smallest absolute Gasteiger partial charge is 0.305 e. The lowest BCUT2D eigenvalue weighted by Crippen LogP contribution is -2.25. The van der Waals surface area contributed by atoms with Gasteiger partial charge in [0.15, 0.2) is 0 Å². The van der Waals surface area contributed by atoms with Crippen LogP contribution in [0, 0.1) is 6.92 Å². The molecule has 0 spiro atoms. The van der Waals surface area contributed by atoms with E-state index in [1.54, 1.807) is 12.1 Å². The molecule has 1 atom stereocenters. The number of aliphatic hydroxyl groups is 1. The van der Waals surface area contributed by atoms with Crippen LogP contribution in [0.2, 0.25) is 0 Å². The van der Waals surface area contributed by atoms with Crippen LogP contribution in [-0.4, -0.2) is 38.8 Å². The highest BCUT2D eigenvalue weighted by atomic mass is 32.2. The Morgan fingerprint density at radius 3 is 1.71 bits per heavy atom. The maximum Gasteiger partial charge on any atom is 0.305 e. The molecule has 0 aromatic heterocycles. The first-order chi connectivity index (χ1) is 16.8. The third kappa shape index (κ3) is 16.8. The van der Waals surface area contributed by atoms with Gasteiger partial charge in [0.05, 0.1) is 11.5 Å². The van der Waals surface area contributed by atoms with Gasteiger partial charge < -0.3 is 9.84 Å². The number of rotatable bonds is 22. The Hall–Kier alpha value is -1.44. The fourth-order valence-electron chi connectivity index (χ4n) is 3.89. The van der Waals surface area contributed by atoms with Crippen LogP contribution in [0.3, 0.4) is 0 Å². The molecule has 0 fully saturated rings. The highest BCUT2D eigenvalue weighted by molar-refractivity contribution is 7.86. The van der Waals surface area contributed by atoms with Gasteiger partial charge in [-0.2, -0.15) is 8.42 Å². The lowest BCUT2D eigenvalue weighted by molar-refractivity contribution is -0.147. The van der Waals surface area contributed by atoms with E-state index >= 15 is 0 Å². The van der Waals surface area contributed by atoms with E-state index in [4.69, 9.17) is 8.92 Å². The topological polar surface area (TPSA) is 89.9 Å². The third-order valence-corrected chi connectivity index (χ3v) is 7.44. The second kappa shape index (κ2) is 19.7. The van der Waals surface area contributed by atoms with Gasteiger partial charge >= 0.3 is 5.97 Å². The number of carbonyl (C=O) groups excluding carboxylic acids is 1. The molecule has 0 bridgehead atoms. The van der Waals surface area contributed by atoms with E-state index in [1.165, 1.54) is 89.2 Å². The van der Waals surface area contributed by atoms with Gasteiger partial charge in [-0.05, 0) is 25.5 Å². The van der Waals surface area contributed by atoms with Crippen LogP contribution in [0.5, 0.6) is 0 Å². The Morgan fingerprint density at radius 2 is 1.23 bits per heavy atom. The molecule has 0 aliphatic heterocycles. The summed E-state index contributed by atoms with van der Waals surface area (Å²) in [5.41, 5.74) is 0.935. The minimum atomic E-state index is -3.95. The summed E-state index contributed by atoms with van der Waals surface area (Å²) in [6, 6.07) is 6.25. The number of esters is 1. The Bertz CT molecular complexity index is 760. The largest absolute Gasteiger partial charge is 0.463 e. The van der Waals surface area contributed by atoms with Crippen LogP contribution >= 0.6 is 0 Å². The maximum absolute atomic E-state index is 12.1. The Morgan fingerprint density at radius 1 is 0.771 bits per heavy atom. The molecule has 6 nitrogen and oxygen atoms in total. The Kier molecular flexibility index (Phi) is 17.8. The van der Waals surface area contributed by atoms with Crippen molar-refractivity contribution in [1.29, 1.82) is 0 Å². The van der Waals surface area contributed by atoms with E-state index in [0.29, 0.717) is 6.42 Å². The molecule has 0 heterocycles. The van der Waals surface area contributed by atoms with Crippen molar-refractivity contribution in [3.05, 3.63) is 29.8 Å². The zero-order chi connectivity index (χ0) is 25.8. The molecule has 7 heteroatoms. The number of aliphatic hydroxyl groups excluding tert-OH is 1. The van der Waals surface area contributed by atoms with Crippen molar-refractivity contribution in [3.8, 4) is 0 Å². The van der Waals surface area contributed by atoms with Crippen molar-refractivity contribution >= 4 is 16.1 Å². The summed E-state index contributed by atoms with van der Waals surface area (Å²) >= 11 is 0. The average molecular weight is 513 g/mol. The summed E-state index contributed by atoms with van der Waals surface area (Å²) in [4.78, 5) is 11.9. The number of ether oxygens (including phenoxy) is 1. The number of carbonyl (C=O) groups is 1. The second-order valence-electron chi connectivity index (χ2n) is 9.59. The van der Waals surface area contributed by atoms with Gasteiger partial charge in [-0.15, -0.1) is 0 Å². The van der Waals surface area contributed by atoms with E-state index in [9.17, 15) is 18.3 Å². The minimum Gasteiger partial charge on any atom is -0.463 e. The number of unbranched alkanes of at least 4 members (excludes halogenated alkanes) is 14. The summed E-state index contributed by atoms with van der Waals surface area (Å²) in [5, 5.41) is 9.89. The fourth-order valence-corrected chi connectivity index (χ4v) is 4.83. The molecule has 0 radical (unpaired) electrons. The van der Waals surface area contributed by atoms with Gasteiger partial charge in [-0.3, -0.25) is 8.98 Å². The van der Waals surface area contributed by atoms with Crippen LogP contribution in [0.4, 0.5) is 0 Å². The van der Waals surface area contributed by atoms with Crippen LogP contribution in [0.15, 0.2) is 29.2 Å². The van der Waals surface area contributed by atoms with E-state index < -0.39 is 22.8 Å². The fraction of sp³-hybridized carbons (Fsp3) is 0.750. The predicted octanol–water partition coefficient (Wildman–Crippen LogP) is 6.87. The molecule has 0 unspecified atom stereocenters. The van der Waals surface area contributed by atoms with E-state index in [2.05, 4.69) is 6.92 Å². The van der Waals surface area contributed by atoms with E-state index in [0.717, 1.165) is 24.8 Å². The van der Waals surface area contributed by atoms with Gasteiger partial charge in [0.25, 0.3) is 10.1 Å². The lowest BCUT2D eigenvalue weighted by Gasteiger charge is -2.12. The Balaban J connectivity index is 1.94.